The number of anilines is 1. The first-order valence-electron chi connectivity index (χ1n) is 11.0. The Hall–Kier alpha value is -2.41. The van der Waals surface area contributed by atoms with Crippen molar-refractivity contribution in [1.82, 2.24) is 0 Å². The van der Waals surface area contributed by atoms with Crippen LogP contribution in [-0.2, 0) is 0 Å². The van der Waals surface area contributed by atoms with Gasteiger partial charge >= 0.3 is 0 Å². The first-order chi connectivity index (χ1) is 16.8. The highest BCUT2D eigenvalue weighted by atomic mass is 32.2. The largest absolute Gasteiger partial charge is 0.337 e. The zero-order valence-corrected chi connectivity index (χ0v) is 23.9. The van der Waals surface area contributed by atoms with Gasteiger partial charge in [0.25, 0.3) is 0 Å². The summed E-state index contributed by atoms with van der Waals surface area (Å²) >= 11 is 9.00. The maximum atomic E-state index is 9.22. The number of thiophene rings is 4. The van der Waals surface area contributed by atoms with Crippen molar-refractivity contribution in [3.8, 4) is 6.07 Å². The molecular formula is C27H21N3S5. The predicted molar refractivity (Wildman–Crippen MR) is 157 cm³/mol. The Morgan fingerprint density at radius 3 is 1.94 bits per heavy atom. The lowest BCUT2D eigenvalue weighted by atomic mass is 9.97. The monoisotopic (exact) mass is 547 g/mol. The van der Waals surface area contributed by atoms with Gasteiger partial charge in [0.1, 0.15) is 6.07 Å². The minimum atomic E-state index is 0.425. The van der Waals surface area contributed by atoms with E-state index in [1.165, 1.54) is 70.3 Å². The van der Waals surface area contributed by atoms with E-state index in [-0.39, 0.29) is 0 Å². The molecule has 0 radical (unpaired) electrons. The molecule has 0 atom stereocenters. The average molecular weight is 548 g/mol. The number of benzene rings is 1. The summed E-state index contributed by atoms with van der Waals surface area (Å²) in [7, 11) is 2.20. The number of thioether (sulfide) groups is 1. The van der Waals surface area contributed by atoms with Gasteiger partial charge in [-0.25, -0.2) is 0 Å². The Morgan fingerprint density at radius 1 is 0.800 bits per heavy atom. The summed E-state index contributed by atoms with van der Waals surface area (Å²) in [6.07, 6.45) is 1.14. The molecule has 0 amide bonds. The SMILES string of the molecule is Cc1c(C)c(C)c2c(c1C)S/C(=c1/cc3s/c(=c4\cc5s/c(=C(/C#N)C=N)cc5s4)cc3s1)N2C. The number of fused-ring (bicyclic) bond motifs is 3. The van der Waals surface area contributed by atoms with Gasteiger partial charge in [-0.05, 0) is 74.2 Å². The third-order valence-corrected chi connectivity index (χ3v) is 13.2. The lowest BCUT2D eigenvalue weighted by Crippen LogP contribution is -2.16. The number of hydrogen-bond donors (Lipinski definition) is 1. The van der Waals surface area contributed by atoms with Crippen LogP contribution in [-0.4, -0.2) is 13.3 Å². The molecule has 174 valence electrons. The first kappa shape index (κ1) is 23.0. The molecule has 8 heteroatoms. The topological polar surface area (TPSA) is 50.9 Å². The summed E-state index contributed by atoms with van der Waals surface area (Å²) in [6.45, 7) is 8.98. The molecule has 5 heterocycles. The summed E-state index contributed by atoms with van der Waals surface area (Å²) in [5.41, 5.74) is 7.37. The second-order valence-corrected chi connectivity index (χ2v) is 14.0. The molecule has 1 aliphatic heterocycles. The maximum Gasteiger partial charge on any atom is 0.102 e. The summed E-state index contributed by atoms with van der Waals surface area (Å²) < 4.78 is 9.80. The van der Waals surface area contributed by atoms with E-state index in [1.54, 1.807) is 22.7 Å². The summed E-state index contributed by atoms with van der Waals surface area (Å²) in [4.78, 5) is 3.79. The van der Waals surface area contributed by atoms with Gasteiger partial charge in [0, 0.05) is 50.6 Å². The molecule has 3 nitrogen and oxygen atoms in total. The number of rotatable bonds is 1. The summed E-state index contributed by atoms with van der Waals surface area (Å²) in [6, 6.07) is 11.1. The lowest BCUT2D eigenvalue weighted by Gasteiger charge is -2.19. The van der Waals surface area contributed by atoms with E-state index in [0.29, 0.717) is 5.57 Å². The second-order valence-electron chi connectivity index (χ2n) is 8.71. The van der Waals surface area contributed by atoms with E-state index in [2.05, 4.69) is 63.9 Å². The predicted octanol–water partition coefficient (Wildman–Crippen LogP) is 7.39. The van der Waals surface area contributed by atoms with E-state index in [9.17, 15) is 5.26 Å². The Balaban J connectivity index is 1.48. The zero-order chi connectivity index (χ0) is 24.6. The molecule has 0 unspecified atom stereocenters. The first-order valence-corrected chi connectivity index (χ1v) is 15.1. The van der Waals surface area contributed by atoms with Crippen LogP contribution in [0.4, 0.5) is 5.69 Å². The molecule has 0 saturated heterocycles. The van der Waals surface area contributed by atoms with Crippen LogP contribution in [0.5, 0.6) is 0 Å². The molecule has 0 fully saturated rings. The van der Waals surface area contributed by atoms with E-state index < -0.39 is 0 Å². The minimum absolute atomic E-state index is 0.425. The standard InChI is InChI=1S/C27H21N3S5/c1-12-13(2)15(4)26-25(14(12)3)30(5)27(35-26)24-9-23-22(34-24)8-21(33-23)20-7-19-18(32-20)6-17(31-19)16(10-28)11-29/h6-10,28H,1-5H3/b17-16+,21-20+,27-24-,28-10?. The fourth-order valence-electron chi connectivity index (χ4n) is 4.58. The third kappa shape index (κ3) is 3.45. The average Bonchev–Trinajstić information content (AvgIpc) is 3.61. The Labute approximate surface area is 223 Å². The van der Waals surface area contributed by atoms with Crippen LogP contribution in [0, 0.1) is 53.5 Å². The third-order valence-electron chi connectivity index (χ3n) is 6.84. The van der Waals surface area contributed by atoms with Crippen molar-refractivity contribution in [2.75, 3.05) is 11.9 Å². The van der Waals surface area contributed by atoms with Crippen molar-refractivity contribution >= 4 is 98.4 Å². The molecule has 6 rings (SSSR count). The van der Waals surface area contributed by atoms with E-state index in [0.717, 1.165) is 10.7 Å². The highest BCUT2D eigenvalue weighted by Gasteiger charge is 2.29. The second kappa shape index (κ2) is 8.32. The van der Waals surface area contributed by atoms with Crippen molar-refractivity contribution in [3.05, 3.63) is 64.6 Å². The normalized spacial score (nSPS) is 16.7. The van der Waals surface area contributed by atoms with Gasteiger partial charge in [0.2, 0.25) is 0 Å². The van der Waals surface area contributed by atoms with Crippen LogP contribution < -0.4 is 14.0 Å². The highest BCUT2D eigenvalue weighted by Crippen LogP contribution is 2.51. The number of nitriles is 1. The zero-order valence-electron chi connectivity index (χ0n) is 19.8. The molecular weight excluding hydrogens is 527 g/mol. The van der Waals surface area contributed by atoms with Crippen molar-refractivity contribution in [3.63, 3.8) is 0 Å². The van der Waals surface area contributed by atoms with Gasteiger partial charge in [0.05, 0.1) is 20.8 Å². The number of hydrogen-bond acceptors (Lipinski definition) is 8. The van der Waals surface area contributed by atoms with E-state index in [1.807, 2.05) is 40.5 Å². The Morgan fingerprint density at radius 2 is 1.34 bits per heavy atom. The Kier molecular flexibility index (Phi) is 5.47. The number of nitrogens with zero attached hydrogens (tertiary/aromatic N) is 2. The lowest BCUT2D eigenvalue weighted by molar-refractivity contribution is 1.11. The Bertz CT molecular complexity index is 1900. The van der Waals surface area contributed by atoms with Crippen LogP contribution in [0.2, 0.25) is 0 Å². The minimum Gasteiger partial charge on any atom is -0.337 e. The van der Waals surface area contributed by atoms with E-state index >= 15 is 0 Å². The highest BCUT2D eigenvalue weighted by molar-refractivity contribution is 8.08. The van der Waals surface area contributed by atoms with Gasteiger partial charge in [-0.3, -0.25) is 0 Å². The molecule has 5 aromatic rings. The summed E-state index contributed by atoms with van der Waals surface area (Å²) in [5, 5.41) is 18.0. The van der Waals surface area contributed by atoms with Crippen molar-refractivity contribution in [2.24, 2.45) is 0 Å². The van der Waals surface area contributed by atoms with Crippen LogP contribution in [0.25, 0.3) is 29.4 Å². The fourth-order valence-corrected chi connectivity index (χ4v) is 10.9. The molecule has 1 N–H and O–H groups in total. The van der Waals surface area contributed by atoms with Crippen molar-refractivity contribution in [2.45, 2.75) is 32.6 Å². The van der Waals surface area contributed by atoms with Crippen LogP contribution in [0.3, 0.4) is 0 Å². The van der Waals surface area contributed by atoms with Gasteiger partial charge in [0.15, 0.2) is 0 Å². The van der Waals surface area contributed by atoms with Crippen LogP contribution >= 0.6 is 57.1 Å². The molecule has 0 aliphatic carbocycles. The molecule has 0 bridgehead atoms. The molecule has 0 saturated carbocycles. The van der Waals surface area contributed by atoms with Crippen LogP contribution in [0.1, 0.15) is 22.3 Å². The molecule has 0 spiro atoms. The van der Waals surface area contributed by atoms with Gasteiger partial charge in [-0.15, -0.1) is 45.3 Å². The van der Waals surface area contributed by atoms with Crippen molar-refractivity contribution in [1.29, 1.82) is 10.7 Å². The maximum absolute atomic E-state index is 9.22. The summed E-state index contributed by atoms with van der Waals surface area (Å²) in [5.74, 6) is 0. The van der Waals surface area contributed by atoms with Gasteiger partial charge in [-0.1, -0.05) is 11.8 Å². The fraction of sp³-hybridized carbons (Fsp3) is 0.185. The molecule has 4 aromatic heterocycles. The molecule has 35 heavy (non-hydrogen) atoms. The van der Waals surface area contributed by atoms with Gasteiger partial charge in [-0.2, -0.15) is 5.26 Å². The van der Waals surface area contributed by atoms with Crippen LogP contribution in [0.15, 0.2) is 29.2 Å². The van der Waals surface area contributed by atoms with E-state index in [4.69, 9.17) is 5.41 Å². The number of nitrogens with one attached hydrogen (secondary N) is 1. The molecule has 1 aromatic carbocycles. The quantitative estimate of drug-likeness (QED) is 0.223. The van der Waals surface area contributed by atoms with Crippen molar-refractivity contribution < 1.29 is 0 Å². The molecule has 1 aliphatic rings. The smallest absolute Gasteiger partial charge is 0.102 e. The van der Waals surface area contributed by atoms with Gasteiger partial charge < -0.3 is 10.3 Å².